The Labute approximate surface area is 123 Å². The Hall–Kier alpha value is -2.24. The summed E-state index contributed by atoms with van der Waals surface area (Å²) in [5.74, 6) is 0.724. The first-order valence-corrected chi connectivity index (χ1v) is 7.94. The molecule has 0 unspecified atom stereocenters. The van der Waals surface area contributed by atoms with Gasteiger partial charge in [0.25, 0.3) is 0 Å². The van der Waals surface area contributed by atoms with Crippen LogP contribution in [0.15, 0.2) is 35.5 Å². The zero-order valence-corrected chi connectivity index (χ0v) is 12.3. The molecule has 2 rings (SSSR count). The van der Waals surface area contributed by atoms with E-state index in [4.69, 9.17) is 5.26 Å². The fourth-order valence-electron chi connectivity index (χ4n) is 1.73. The van der Waals surface area contributed by atoms with Crippen molar-refractivity contribution in [1.82, 2.24) is 20.1 Å². The zero-order valence-electron chi connectivity index (χ0n) is 11.5. The van der Waals surface area contributed by atoms with E-state index in [1.807, 2.05) is 13.1 Å². The Kier molecular flexibility index (Phi) is 4.67. The average Bonchev–Trinajstić information content (AvgIpc) is 2.89. The molecule has 0 aliphatic carbocycles. The summed E-state index contributed by atoms with van der Waals surface area (Å²) < 4.78 is 26.0. The van der Waals surface area contributed by atoms with Crippen LogP contribution < -0.4 is 5.32 Å². The summed E-state index contributed by atoms with van der Waals surface area (Å²) in [4.78, 5) is 0.224. The second-order valence-electron chi connectivity index (χ2n) is 4.49. The molecular formula is C13H15N5O2S. The number of hydrogen-bond donors (Lipinski definition) is 1. The molecule has 1 aromatic heterocycles. The number of sulfone groups is 1. The van der Waals surface area contributed by atoms with E-state index in [-0.39, 0.29) is 10.6 Å². The Morgan fingerprint density at radius 3 is 2.62 bits per heavy atom. The van der Waals surface area contributed by atoms with Crippen molar-refractivity contribution in [3.8, 4) is 6.07 Å². The highest BCUT2D eigenvalue weighted by molar-refractivity contribution is 7.91. The van der Waals surface area contributed by atoms with E-state index in [0.29, 0.717) is 18.7 Å². The molecule has 0 aliphatic rings. The van der Waals surface area contributed by atoms with Crippen LogP contribution in [-0.4, -0.2) is 35.5 Å². The maximum Gasteiger partial charge on any atom is 0.179 e. The number of aromatic nitrogens is 3. The predicted molar refractivity (Wildman–Crippen MR) is 75.9 cm³/mol. The van der Waals surface area contributed by atoms with Crippen LogP contribution in [0.3, 0.4) is 0 Å². The van der Waals surface area contributed by atoms with Crippen molar-refractivity contribution < 1.29 is 8.42 Å². The van der Waals surface area contributed by atoms with Gasteiger partial charge in [-0.15, -0.1) is 10.2 Å². The summed E-state index contributed by atoms with van der Waals surface area (Å²) in [6.45, 7) is 0.772. The zero-order chi connectivity index (χ0) is 15.3. The van der Waals surface area contributed by atoms with Gasteiger partial charge in [-0.1, -0.05) is 0 Å². The van der Waals surface area contributed by atoms with Gasteiger partial charge in [0.05, 0.1) is 28.8 Å². The summed E-state index contributed by atoms with van der Waals surface area (Å²) in [5.41, 5.74) is 0.439. The summed E-state index contributed by atoms with van der Waals surface area (Å²) in [5, 5.41) is 19.4. The van der Waals surface area contributed by atoms with Crippen LogP contribution in [0.5, 0.6) is 0 Å². The molecule has 1 aromatic carbocycles. The molecule has 110 valence electrons. The minimum Gasteiger partial charge on any atom is -0.320 e. The SMILES string of the molecule is Cn1cnnc1CNCCS(=O)(=O)c1ccc(C#N)cc1. The topological polar surface area (TPSA) is 101 Å². The van der Waals surface area contributed by atoms with Crippen LogP contribution in [-0.2, 0) is 23.4 Å². The highest BCUT2D eigenvalue weighted by Crippen LogP contribution is 2.11. The summed E-state index contributed by atoms with van der Waals surface area (Å²) in [7, 11) is -1.53. The first kappa shape index (κ1) is 15.2. The minimum atomic E-state index is -3.35. The van der Waals surface area contributed by atoms with Crippen molar-refractivity contribution in [3.63, 3.8) is 0 Å². The molecule has 0 fully saturated rings. The highest BCUT2D eigenvalue weighted by atomic mass is 32.2. The van der Waals surface area contributed by atoms with Gasteiger partial charge >= 0.3 is 0 Å². The number of aryl methyl sites for hydroxylation is 1. The first-order valence-electron chi connectivity index (χ1n) is 6.29. The van der Waals surface area contributed by atoms with E-state index in [1.54, 1.807) is 10.9 Å². The maximum absolute atomic E-state index is 12.1. The molecule has 0 radical (unpaired) electrons. The van der Waals surface area contributed by atoms with E-state index in [0.717, 1.165) is 5.82 Å². The number of nitrogens with one attached hydrogen (secondary N) is 1. The van der Waals surface area contributed by atoms with E-state index in [2.05, 4.69) is 15.5 Å². The van der Waals surface area contributed by atoms with Crippen molar-refractivity contribution in [2.75, 3.05) is 12.3 Å². The number of hydrogen-bond acceptors (Lipinski definition) is 6. The van der Waals surface area contributed by atoms with Crippen molar-refractivity contribution in [2.45, 2.75) is 11.4 Å². The second-order valence-corrected chi connectivity index (χ2v) is 6.60. The molecule has 0 bridgehead atoms. The van der Waals surface area contributed by atoms with Crippen molar-refractivity contribution >= 4 is 9.84 Å². The average molecular weight is 305 g/mol. The predicted octanol–water partition coefficient (Wildman–Crippen LogP) is 0.250. The molecule has 7 nitrogen and oxygen atoms in total. The highest BCUT2D eigenvalue weighted by Gasteiger charge is 2.13. The lowest BCUT2D eigenvalue weighted by Gasteiger charge is -2.06. The number of benzene rings is 1. The molecule has 0 amide bonds. The van der Waals surface area contributed by atoms with Gasteiger partial charge in [0.1, 0.15) is 12.2 Å². The van der Waals surface area contributed by atoms with E-state index in [1.165, 1.54) is 24.3 Å². The fraction of sp³-hybridized carbons (Fsp3) is 0.308. The maximum atomic E-state index is 12.1. The lowest BCUT2D eigenvalue weighted by molar-refractivity contribution is 0.588. The van der Waals surface area contributed by atoms with Crippen LogP contribution in [0, 0.1) is 11.3 Å². The molecule has 8 heteroatoms. The van der Waals surface area contributed by atoms with E-state index >= 15 is 0 Å². The van der Waals surface area contributed by atoms with Crippen LogP contribution >= 0.6 is 0 Å². The third kappa shape index (κ3) is 3.87. The monoisotopic (exact) mass is 305 g/mol. The third-order valence-corrected chi connectivity index (χ3v) is 4.71. The van der Waals surface area contributed by atoms with Gasteiger partial charge in [-0.25, -0.2) is 8.42 Å². The van der Waals surface area contributed by atoms with E-state index < -0.39 is 9.84 Å². The first-order chi connectivity index (χ1) is 10.0. The smallest absolute Gasteiger partial charge is 0.179 e. The third-order valence-electron chi connectivity index (χ3n) is 2.98. The standard InChI is InChI=1S/C13H15N5O2S/c1-18-10-16-17-13(18)9-15-6-7-21(19,20)12-4-2-11(8-14)3-5-12/h2-5,10,15H,6-7,9H2,1H3. The van der Waals surface area contributed by atoms with Gasteiger partial charge in [0, 0.05) is 13.6 Å². The molecule has 2 aromatic rings. The van der Waals surface area contributed by atoms with Gasteiger partial charge in [0.15, 0.2) is 9.84 Å². The van der Waals surface area contributed by atoms with Gasteiger partial charge in [0.2, 0.25) is 0 Å². The molecule has 1 heterocycles. The molecule has 0 spiro atoms. The van der Waals surface area contributed by atoms with Gasteiger partial charge in [-0.05, 0) is 24.3 Å². The Morgan fingerprint density at radius 2 is 2.05 bits per heavy atom. The molecule has 0 atom stereocenters. The second kappa shape index (κ2) is 6.47. The Morgan fingerprint density at radius 1 is 1.33 bits per heavy atom. The molecule has 21 heavy (non-hydrogen) atoms. The summed E-state index contributed by atoms with van der Waals surface area (Å²) in [6, 6.07) is 7.87. The van der Waals surface area contributed by atoms with Crippen molar-refractivity contribution in [2.24, 2.45) is 7.05 Å². The van der Waals surface area contributed by atoms with Crippen molar-refractivity contribution in [1.29, 1.82) is 5.26 Å². The number of nitriles is 1. The Balaban J connectivity index is 1.89. The van der Waals surface area contributed by atoms with Gasteiger partial charge in [-0.3, -0.25) is 0 Å². The summed E-state index contributed by atoms with van der Waals surface area (Å²) in [6.07, 6.45) is 1.59. The molecule has 0 saturated heterocycles. The fourth-order valence-corrected chi connectivity index (χ4v) is 2.93. The molecule has 0 aliphatic heterocycles. The lowest BCUT2D eigenvalue weighted by Crippen LogP contribution is -2.24. The van der Waals surface area contributed by atoms with Gasteiger partial charge < -0.3 is 9.88 Å². The van der Waals surface area contributed by atoms with Crippen LogP contribution in [0.2, 0.25) is 0 Å². The quantitative estimate of drug-likeness (QED) is 0.768. The van der Waals surface area contributed by atoms with E-state index in [9.17, 15) is 8.42 Å². The van der Waals surface area contributed by atoms with Crippen LogP contribution in [0.25, 0.3) is 0 Å². The normalized spacial score (nSPS) is 11.2. The molecule has 0 saturated carbocycles. The van der Waals surface area contributed by atoms with Crippen LogP contribution in [0.1, 0.15) is 11.4 Å². The van der Waals surface area contributed by atoms with Gasteiger partial charge in [-0.2, -0.15) is 5.26 Å². The molecular weight excluding hydrogens is 290 g/mol. The Bertz CT molecular complexity index is 744. The van der Waals surface area contributed by atoms with Crippen LogP contribution in [0.4, 0.5) is 0 Å². The lowest BCUT2D eigenvalue weighted by atomic mass is 10.2. The summed E-state index contributed by atoms with van der Waals surface area (Å²) >= 11 is 0. The van der Waals surface area contributed by atoms with Crippen molar-refractivity contribution in [3.05, 3.63) is 42.0 Å². The largest absolute Gasteiger partial charge is 0.320 e. The number of rotatable bonds is 6. The minimum absolute atomic E-state index is 0.0171. The molecule has 1 N–H and O–H groups in total. The number of nitrogens with zero attached hydrogens (tertiary/aromatic N) is 4.